The van der Waals surface area contributed by atoms with Crippen LogP contribution in [0.3, 0.4) is 0 Å². The average Bonchev–Trinajstić information content (AvgIpc) is 2.07. The highest BCUT2D eigenvalue weighted by atomic mass is 14.1. The highest BCUT2D eigenvalue weighted by molar-refractivity contribution is 5.05. The summed E-state index contributed by atoms with van der Waals surface area (Å²) in [5.74, 6) is 0.758. The minimum atomic E-state index is 0.758. The molecule has 0 aromatic heterocycles. The molecule has 0 saturated heterocycles. The third kappa shape index (κ3) is 5.17. The van der Waals surface area contributed by atoms with E-state index in [1.165, 1.54) is 25.7 Å². The highest BCUT2D eigenvalue weighted by Gasteiger charge is 2.07. The number of hydrogen-bond donors (Lipinski definition) is 0. The molecule has 0 N–H and O–H groups in total. The first-order valence-corrected chi connectivity index (χ1v) is 5.02. The lowest BCUT2D eigenvalue weighted by Crippen LogP contribution is -2.00. The molecule has 0 aliphatic heterocycles. The molecule has 0 aromatic carbocycles. The van der Waals surface area contributed by atoms with Gasteiger partial charge in [-0.25, -0.2) is 0 Å². The predicted octanol–water partition coefficient (Wildman–Crippen LogP) is 4.34. The first kappa shape index (κ1) is 11.5. The number of rotatable bonds is 1. The number of allylic oxidation sites excluding steroid dienone is 3. The van der Waals surface area contributed by atoms with Crippen LogP contribution in [0.15, 0.2) is 24.3 Å². The van der Waals surface area contributed by atoms with Gasteiger partial charge in [0, 0.05) is 0 Å². The molecule has 70 valence electrons. The van der Waals surface area contributed by atoms with Gasteiger partial charge in [-0.3, -0.25) is 0 Å². The molecular weight excluding hydrogens is 144 g/mol. The fraction of sp³-hybridized carbons (Fsp3) is 0.667. The molecule has 0 spiro atoms. The third-order valence-corrected chi connectivity index (χ3v) is 2.01. The first-order valence-electron chi connectivity index (χ1n) is 5.02. The van der Waals surface area contributed by atoms with E-state index >= 15 is 0 Å². The zero-order chi connectivity index (χ0) is 9.40. The van der Waals surface area contributed by atoms with E-state index in [1.54, 1.807) is 5.57 Å². The van der Waals surface area contributed by atoms with Crippen molar-refractivity contribution in [3.8, 4) is 0 Å². The molecule has 1 atom stereocenters. The molecule has 12 heavy (non-hydrogen) atoms. The Kier molecular flexibility index (Phi) is 6.84. The second kappa shape index (κ2) is 7.15. The largest absolute Gasteiger partial charge is 0.103 e. The van der Waals surface area contributed by atoms with Crippen molar-refractivity contribution in [3.63, 3.8) is 0 Å². The maximum absolute atomic E-state index is 3.78. The molecule has 0 saturated carbocycles. The second-order valence-corrected chi connectivity index (χ2v) is 3.53. The minimum absolute atomic E-state index is 0.758. The lowest BCUT2D eigenvalue weighted by Gasteiger charge is -2.15. The quantitative estimate of drug-likeness (QED) is 0.508. The van der Waals surface area contributed by atoms with E-state index in [4.69, 9.17) is 0 Å². The Morgan fingerprint density at radius 1 is 1.58 bits per heavy atom. The fourth-order valence-corrected chi connectivity index (χ4v) is 1.20. The van der Waals surface area contributed by atoms with E-state index in [1.807, 2.05) is 0 Å². The van der Waals surface area contributed by atoms with Gasteiger partial charge in [-0.2, -0.15) is 0 Å². The molecule has 0 amide bonds. The van der Waals surface area contributed by atoms with Gasteiger partial charge in [-0.1, -0.05) is 38.0 Å². The molecule has 0 heterocycles. The van der Waals surface area contributed by atoms with E-state index < -0.39 is 0 Å². The smallest absolute Gasteiger partial charge is 0.0198 e. The number of hydrogen-bond acceptors (Lipinski definition) is 0. The lowest BCUT2D eigenvalue weighted by molar-refractivity contribution is 0.568. The molecule has 1 aliphatic rings. The van der Waals surface area contributed by atoms with Crippen LogP contribution in [0.4, 0.5) is 0 Å². The average molecular weight is 166 g/mol. The Bertz CT molecular complexity index is 142. The second-order valence-electron chi connectivity index (χ2n) is 3.53. The molecule has 0 heteroatoms. The third-order valence-electron chi connectivity index (χ3n) is 2.01. The summed E-state index contributed by atoms with van der Waals surface area (Å²) in [6.45, 7) is 10.2. The zero-order valence-corrected chi connectivity index (χ0v) is 8.77. The maximum Gasteiger partial charge on any atom is -0.0198 e. The van der Waals surface area contributed by atoms with Crippen molar-refractivity contribution in [1.29, 1.82) is 0 Å². The van der Waals surface area contributed by atoms with Crippen LogP contribution in [-0.2, 0) is 0 Å². The Labute approximate surface area is 77.4 Å². The predicted molar refractivity (Wildman–Crippen MR) is 57.3 cm³/mol. The van der Waals surface area contributed by atoms with Crippen LogP contribution < -0.4 is 0 Å². The SMILES string of the molecule is C=C[C@H]1CC=C(C)CC1.CCC. The van der Waals surface area contributed by atoms with Gasteiger partial charge in [0.25, 0.3) is 0 Å². The minimum Gasteiger partial charge on any atom is -0.103 e. The van der Waals surface area contributed by atoms with E-state index in [-0.39, 0.29) is 0 Å². The van der Waals surface area contributed by atoms with Crippen molar-refractivity contribution in [2.24, 2.45) is 5.92 Å². The van der Waals surface area contributed by atoms with Crippen LogP contribution in [-0.4, -0.2) is 0 Å². The molecule has 1 aliphatic carbocycles. The summed E-state index contributed by atoms with van der Waals surface area (Å²) >= 11 is 0. The van der Waals surface area contributed by atoms with Crippen LogP contribution in [0.5, 0.6) is 0 Å². The molecule has 1 rings (SSSR count). The van der Waals surface area contributed by atoms with Gasteiger partial charge in [-0.15, -0.1) is 6.58 Å². The van der Waals surface area contributed by atoms with Crippen molar-refractivity contribution >= 4 is 0 Å². The van der Waals surface area contributed by atoms with Gasteiger partial charge in [0.05, 0.1) is 0 Å². The topological polar surface area (TPSA) is 0 Å². The Morgan fingerprint density at radius 2 is 2.17 bits per heavy atom. The molecule has 0 fully saturated rings. The van der Waals surface area contributed by atoms with Gasteiger partial charge in [-0.05, 0) is 32.1 Å². The Morgan fingerprint density at radius 3 is 2.50 bits per heavy atom. The Balaban J connectivity index is 0.000000354. The summed E-state index contributed by atoms with van der Waals surface area (Å²) in [4.78, 5) is 0. The molecule has 0 bridgehead atoms. The molecular formula is C12H22. The highest BCUT2D eigenvalue weighted by Crippen LogP contribution is 2.23. The summed E-state index contributed by atoms with van der Waals surface area (Å²) in [5, 5.41) is 0. The molecule has 0 unspecified atom stereocenters. The lowest BCUT2D eigenvalue weighted by atomic mass is 9.91. The first-order chi connectivity index (χ1) is 5.74. The van der Waals surface area contributed by atoms with Crippen molar-refractivity contribution in [2.75, 3.05) is 0 Å². The Hall–Kier alpha value is -0.520. The van der Waals surface area contributed by atoms with Crippen molar-refractivity contribution in [1.82, 2.24) is 0 Å². The molecule has 0 radical (unpaired) electrons. The standard InChI is InChI=1S/C9H14.C3H8/c1-3-9-6-4-8(2)5-7-9;1-3-2/h3-4,9H,1,5-7H2,2H3;3H2,1-2H3/t9-;/m0./s1. The molecule has 0 nitrogen and oxygen atoms in total. The van der Waals surface area contributed by atoms with Crippen LogP contribution in [0.2, 0.25) is 0 Å². The summed E-state index contributed by atoms with van der Waals surface area (Å²) in [7, 11) is 0. The molecule has 0 aromatic rings. The van der Waals surface area contributed by atoms with Crippen molar-refractivity contribution in [3.05, 3.63) is 24.3 Å². The monoisotopic (exact) mass is 166 g/mol. The van der Waals surface area contributed by atoms with Gasteiger partial charge in [0.15, 0.2) is 0 Å². The van der Waals surface area contributed by atoms with Crippen LogP contribution in [0.1, 0.15) is 46.5 Å². The maximum atomic E-state index is 3.78. The van der Waals surface area contributed by atoms with Crippen molar-refractivity contribution in [2.45, 2.75) is 46.5 Å². The summed E-state index contributed by atoms with van der Waals surface area (Å²) < 4.78 is 0. The van der Waals surface area contributed by atoms with E-state index in [9.17, 15) is 0 Å². The zero-order valence-electron chi connectivity index (χ0n) is 8.77. The van der Waals surface area contributed by atoms with Crippen molar-refractivity contribution < 1.29 is 0 Å². The summed E-state index contributed by atoms with van der Waals surface area (Å²) in [5.41, 5.74) is 1.55. The van der Waals surface area contributed by atoms with Crippen LogP contribution in [0.25, 0.3) is 0 Å². The summed E-state index contributed by atoms with van der Waals surface area (Å²) in [6, 6.07) is 0. The van der Waals surface area contributed by atoms with Gasteiger partial charge >= 0.3 is 0 Å². The van der Waals surface area contributed by atoms with Gasteiger partial charge in [0.2, 0.25) is 0 Å². The van der Waals surface area contributed by atoms with E-state index in [0.29, 0.717) is 0 Å². The summed E-state index contributed by atoms with van der Waals surface area (Å²) in [6.07, 6.45) is 9.46. The normalized spacial score (nSPS) is 21.9. The van der Waals surface area contributed by atoms with Gasteiger partial charge in [0.1, 0.15) is 0 Å². The van der Waals surface area contributed by atoms with Crippen LogP contribution >= 0.6 is 0 Å². The van der Waals surface area contributed by atoms with Crippen LogP contribution in [0, 0.1) is 5.92 Å². The van der Waals surface area contributed by atoms with E-state index in [0.717, 1.165) is 5.92 Å². The van der Waals surface area contributed by atoms with Gasteiger partial charge < -0.3 is 0 Å². The van der Waals surface area contributed by atoms with E-state index in [2.05, 4.69) is 39.5 Å². The fourth-order valence-electron chi connectivity index (χ4n) is 1.20.